The number of aliphatic hydroxyl groups is 1. The summed E-state index contributed by atoms with van der Waals surface area (Å²) in [6.07, 6.45) is 11.8. The highest BCUT2D eigenvalue weighted by atomic mass is 32.2. The van der Waals surface area contributed by atoms with Crippen molar-refractivity contribution in [2.75, 3.05) is 26.7 Å². The first-order valence-electron chi connectivity index (χ1n) is 41.0. The molecule has 0 amide bonds. The first-order valence-corrected chi connectivity index (χ1v) is 43.3. The van der Waals surface area contributed by atoms with Gasteiger partial charge in [0.15, 0.2) is 0 Å². The van der Waals surface area contributed by atoms with E-state index in [-0.39, 0.29) is 16.9 Å². The van der Waals surface area contributed by atoms with Crippen LogP contribution in [0.4, 0.5) is 68.2 Å². The molecule has 21 nitrogen and oxygen atoms in total. The van der Waals surface area contributed by atoms with Crippen LogP contribution in [0.1, 0.15) is 125 Å². The van der Waals surface area contributed by atoms with Gasteiger partial charge in [0.1, 0.15) is 22.9 Å². The number of nitrogens with one attached hydrogen (secondary N) is 1. The van der Waals surface area contributed by atoms with Gasteiger partial charge in [-0.3, -0.25) is 0 Å². The van der Waals surface area contributed by atoms with Gasteiger partial charge in [-0.25, -0.2) is 5.26 Å². The molecule has 0 spiro atoms. The Bertz CT molecular complexity index is 5130. The molecule has 5 N–H and O–H groups in total. The second-order valence-corrected chi connectivity index (χ2v) is 26.2. The van der Waals surface area contributed by atoms with Gasteiger partial charge in [-0.2, -0.15) is 56.6 Å². The molecule has 123 heavy (non-hydrogen) atoms. The highest BCUT2D eigenvalue weighted by Gasteiger charge is 2.35. The monoisotopic (exact) mass is 1690 g/mol. The van der Waals surface area contributed by atoms with Crippen LogP contribution in [0.5, 0.6) is 11.5 Å². The molecule has 15 rings (SSSR count). The lowest BCUT2D eigenvalue weighted by molar-refractivity contribution is -0.432. The second kappa shape index (κ2) is 64.4. The van der Waals surface area contributed by atoms with Crippen molar-refractivity contribution in [2.45, 2.75) is 120 Å². The third kappa shape index (κ3) is 38.0. The van der Waals surface area contributed by atoms with Crippen LogP contribution in [0.2, 0.25) is 0 Å². The predicted octanol–water partition coefficient (Wildman–Crippen LogP) is 33.9. The highest BCUT2D eigenvalue weighted by molar-refractivity contribution is 7.94. The summed E-state index contributed by atoms with van der Waals surface area (Å²) in [5.74, 6) is 0.229. The maximum absolute atomic E-state index is 10.4. The number of aliphatic hydroxyl groups excluding tert-OH is 1. The third-order valence-corrected chi connectivity index (χ3v) is 17.0. The number of benzene rings is 14. The van der Waals surface area contributed by atoms with E-state index in [1.54, 1.807) is 31.7 Å². The number of hydrogen-bond acceptors (Lipinski definition) is 23. The zero-order chi connectivity index (χ0) is 89.2. The Morgan fingerprint density at radius 2 is 0.520 bits per heavy atom. The molecule has 1 fully saturated rings. The number of nitrogens with zero attached hydrogens (tertiary/aromatic N) is 12. The second-order valence-electron chi connectivity index (χ2n) is 25.2. The molecule has 1 aliphatic carbocycles. The van der Waals surface area contributed by atoms with Crippen LogP contribution in [0, 0.1) is 0 Å². The molecule has 0 aliphatic heterocycles. The summed E-state index contributed by atoms with van der Waals surface area (Å²) in [6, 6.07) is 110. The van der Waals surface area contributed by atoms with Gasteiger partial charge in [-0.15, -0.1) is 23.9 Å². The van der Waals surface area contributed by atoms with Crippen molar-refractivity contribution in [1.29, 1.82) is 0 Å². The molecule has 14 aromatic carbocycles. The Labute approximate surface area is 734 Å². The molecule has 0 unspecified atom stereocenters. The van der Waals surface area contributed by atoms with Crippen molar-refractivity contribution in [3.63, 3.8) is 0 Å². The van der Waals surface area contributed by atoms with Gasteiger partial charge in [-0.05, 0) is 179 Å². The predicted molar refractivity (Wildman–Crippen MR) is 513 cm³/mol. The first kappa shape index (κ1) is 103. The molecule has 1 saturated carbocycles. The summed E-state index contributed by atoms with van der Waals surface area (Å²) in [4.78, 5) is 4.20. The van der Waals surface area contributed by atoms with Crippen LogP contribution < -0.4 is 5.48 Å². The maximum atomic E-state index is 10.4. The highest BCUT2D eigenvalue weighted by Crippen LogP contribution is 2.46. The van der Waals surface area contributed by atoms with Gasteiger partial charge in [0.05, 0.1) is 56.9 Å². The lowest BCUT2D eigenvalue weighted by Crippen LogP contribution is -2.30. The molecule has 642 valence electrons. The molecular formula is C100H117N13O8S2. The molecule has 0 radical (unpaired) electrons. The van der Waals surface area contributed by atoms with Crippen molar-refractivity contribution in [1.82, 2.24) is 5.48 Å². The number of phenolic OH excluding ortho intramolecular Hbond substituents is 2. The smallest absolute Gasteiger partial charge is 0.143 e. The number of rotatable bonds is 19. The average Bonchev–Trinajstić information content (AvgIpc) is 0.723. The van der Waals surface area contributed by atoms with Gasteiger partial charge in [-0.1, -0.05) is 313 Å². The lowest BCUT2D eigenvalue weighted by Gasteiger charge is -2.38. The molecule has 0 heterocycles. The van der Waals surface area contributed by atoms with E-state index in [2.05, 4.69) is 198 Å². The van der Waals surface area contributed by atoms with E-state index in [1.807, 2.05) is 284 Å². The Balaban J connectivity index is 0.000000331. The van der Waals surface area contributed by atoms with Crippen molar-refractivity contribution >= 4 is 125 Å². The maximum Gasteiger partial charge on any atom is 0.143 e. The standard InChI is InChI=1S/C34H30N4O.C22H16N4O.C18H14N4.C10H8.2C3H8.C2H7NO2S.3C2H6.CH4O3S.CH4O/c39-32-22-13-25-9-5-6-12-31(25)33(32)38-37-30-20-16-27(17-21-30)34(23-7-2-8-24-34)26-14-18-29(19-15-26)36-35-28-10-3-1-4-11-28;27-21-15-10-16-6-4-5-9-20(16)22(21)26-25-19-13-11-18(12-14-19)24-23-17-7-2-1-3-8-17;1-3-7-15(8-4-1)19-21-17-11-13-18(14-12-17)22-20-16-9-5-2-6-10-16;1-2-6-10-8-4-3-7-9(10)5-1;2*1-3-2;1-3-4-5-6-2;3*1-2;1-5-4-3-2;1-2/h1,3-6,9-22,39H,2,7-8,23-24H2;1-15,27H;1-14H;1-8H;2*3H2,1-2H3;3H,1-2H3;3*1-2H3;2H,1H3;2H,1H3. The van der Waals surface area contributed by atoms with E-state index in [0.717, 1.165) is 117 Å². The van der Waals surface area contributed by atoms with Crippen LogP contribution >= 0.6 is 24.1 Å². The van der Waals surface area contributed by atoms with E-state index in [9.17, 15) is 10.2 Å². The van der Waals surface area contributed by atoms with E-state index in [4.69, 9.17) is 10.4 Å². The van der Waals surface area contributed by atoms with Crippen LogP contribution in [0.25, 0.3) is 32.3 Å². The number of aromatic hydroxyl groups is 2. The number of fused-ring (bicyclic) bond motifs is 3. The van der Waals surface area contributed by atoms with E-state index in [1.165, 1.54) is 54.0 Å². The Morgan fingerprint density at radius 1 is 0.293 bits per heavy atom. The Morgan fingerprint density at radius 3 is 0.756 bits per heavy atom. The van der Waals surface area contributed by atoms with Gasteiger partial charge < -0.3 is 15.3 Å². The number of hydroxylamine groups is 1. The fourth-order valence-electron chi connectivity index (χ4n) is 11.4. The van der Waals surface area contributed by atoms with E-state index < -0.39 is 0 Å². The number of hydrogen-bond donors (Lipinski definition) is 5. The molecular weight excluding hydrogens is 1580 g/mol. The topological polar surface area (TPSA) is 278 Å². The van der Waals surface area contributed by atoms with Crippen molar-refractivity contribution < 1.29 is 39.3 Å². The Hall–Kier alpha value is -12.5. The molecule has 23 heteroatoms. The quantitative estimate of drug-likeness (QED) is 0.0167. The number of phenols is 2. The van der Waals surface area contributed by atoms with E-state index >= 15 is 0 Å². The van der Waals surface area contributed by atoms with Crippen molar-refractivity contribution in [2.24, 2.45) is 61.4 Å². The summed E-state index contributed by atoms with van der Waals surface area (Å²) in [5, 5.41) is 95.7. The SMILES string of the molecule is CC.CC.CC.CCC.CCC.CNOOSC.CO.CSOOO.Oc1ccc2ccccc2c1N=Nc1ccc(C2(c3ccc(N=Nc4ccccc4)cc3)CCCCC2)cc1.Oc1ccc2ccccc2c1N=Nc1ccc(N=Nc2ccccc2)cc1.c1ccc(N=Nc2ccc(N=Nc3ccccc3)cc2)cc1.c1ccc2ccccc2c1. The van der Waals surface area contributed by atoms with Crippen LogP contribution in [-0.2, 0) is 24.1 Å². The normalized spacial score (nSPS) is 11.5. The summed E-state index contributed by atoms with van der Waals surface area (Å²) < 4.78 is 8.09. The molecule has 1 aliphatic rings. The Kier molecular flexibility index (Phi) is 53.8. The minimum Gasteiger partial charge on any atom is -0.506 e. The fourth-order valence-corrected chi connectivity index (χ4v) is 11.5. The van der Waals surface area contributed by atoms with E-state index in [0.29, 0.717) is 17.1 Å². The zero-order valence-electron chi connectivity index (χ0n) is 72.9. The number of azo groups is 6. The third-order valence-electron chi connectivity index (χ3n) is 16.6. The summed E-state index contributed by atoms with van der Waals surface area (Å²) in [5.41, 5.74) is 13.7. The fraction of sp³-hybridized carbons (Fsp3) is 0.220. The van der Waals surface area contributed by atoms with Crippen molar-refractivity contribution in [3.8, 4) is 11.5 Å². The summed E-state index contributed by atoms with van der Waals surface area (Å²) in [7, 11) is 2.62. The van der Waals surface area contributed by atoms with Gasteiger partial charge in [0.25, 0.3) is 0 Å². The summed E-state index contributed by atoms with van der Waals surface area (Å²) in [6.45, 7) is 20.5. The van der Waals surface area contributed by atoms with Crippen LogP contribution in [0.3, 0.4) is 0 Å². The van der Waals surface area contributed by atoms with Crippen LogP contribution in [-0.4, -0.2) is 47.2 Å². The lowest BCUT2D eigenvalue weighted by atomic mass is 9.65. The minimum absolute atomic E-state index is 0.0308. The molecule has 14 aromatic rings. The first-order chi connectivity index (χ1) is 60.5. The van der Waals surface area contributed by atoms with Gasteiger partial charge in [0, 0.05) is 66.9 Å². The zero-order valence-corrected chi connectivity index (χ0v) is 74.5. The van der Waals surface area contributed by atoms with Crippen LogP contribution in [0.15, 0.2) is 401 Å². The van der Waals surface area contributed by atoms with Gasteiger partial charge in [0.2, 0.25) is 0 Å². The molecule has 0 aromatic heterocycles. The average molecular weight is 1690 g/mol. The summed E-state index contributed by atoms with van der Waals surface area (Å²) >= 11 is 2.07. The minimum atomic E-state index is -0.0308. The largest absolute Gasteiger partial charge is 0.506 e. The van der Waals surface area contributed by atoms with Gasteiger partial charge >= 0.3 is 0 Å². The van der Waals surface area contributed by atoms with Crippen molar-refractivity contribution in [3.05, 3.63) is 351 Å². The molecule has 0 atom stereocenters. The molecule has 0 saturated heterocycles. The molecule has 0 bridgehead atoms.